The third-order valence-electron chi connectivity index (χ3n) is 5.90. The predicted octanol–water partition coefficient (Wildman–Crippen LogP) is 2.47. The van der Waals surface area contributed by atoms with Crippen LogP contribution in [0.1, 0.15) is 11.6 Å². The lowest BCUT2D eigenvalue weighted by molar-refractivity contribution is 0.159. The summed E-state index contributed by atoms with van der Waals surface area (Å²) >= 11 is 0. The molecule has 0 bridgehead atoms. The van der Waals surface area contributed by atoms with E-state index in [0.29, 0.717) is 12.5 Å². The highest BCUT2D eigenvalue weighted by Crippen LogP contribution is 2.46. The second kappa shape index (κ2) is 7.50. The number of carbonyl (C=O) groups is 1. The Balaban J connectivity index is 1.64. The number of aromatic nitrogens is 2. The highest BCUT2D eigenvalue weighted by atomic mass is 19.1. The number of amides is 2. The summed E-state index contributed by atoms with van der Waals surface area (Å²) in [6.07, 6.45) is 1.59. The summed E-state index contributed by atoms with van der Waals surface area (Å²) < 4.78 is 14.0. The van der Waals surface area contributed by atoms with Gasteiger partial charge >= 0.3 is 6.03 Å². The molecule has 29 heavy (non-hydrogen) atoms. The van der Waals surface area contributed by atoms with Crippen molar-refractivity contribution in [2.75, 3.05) is 57.6 Å². The highest BCUT2D eigenvalue weighted by Gasteiger charge is 2.49. The molecule has 0 spiro atoms. The van der Waals surface area contributed by atoms with Gasteiger partial charge in [-0.05, 0) is 17.7 Å². The maximum atomic E-state index is 14.0. The van der Waals surface area contributed by atoms with Crippen LogP contribution in [0.3, 0.4) is 0 Å². The van der Waals surface area contributed by atoms with Crippen LogP contribution in [0.25, 0.3) is 0 Å². The topological polar surface area (TPSA) is 55.8 Å². The molecule has 3 heterocycles. The van der Waals surface area contributed by atoms with Crippen LogP contribution < -0.4 is 9.80 Å². The van der Waals surface area contributed by atoms with E-state index in [1.54, 1.807) is 37.5 Å². The van der Waals surface area contributed by atoms with Crippen molar-refractivity contribution >= 4 is 17.7 Å². The van der Waals surface area contributed by atoms with Crippen molar-refractivity contribution < 1.29 is 9.18 Å². The van der Waals surface area contributed by atoms with Gasteiger partial charge in [0.05, 0.1) is 6.04 Å². The molecule has 2 saturated heterocycles. The molecule has 0 radical (unpaired) electrons. The van der Waals surface area contributed by atoms with Gasteiger partial charge in [-0.25, -0.2) is 19.2 Å². The van der Waals surface area contributed by atoms with Crippen LogP contribution in [0.2, 0.25) is 0 Å². The SMILES string of the molecule is CN(C)C(=O)N1C[C@H]2CN(c3cc(N(C)C)ncn3)C[C@H]2[C@@H]1c1cccc(F)c1. The Morgan fingerprint density at radius 3 is 2.59 bits per heavy atom. The smallest absolute Gasteiger partial charge is 0.320 e. The fourth-order valence-electron chi connectivity index (χ4n) is 4.56. The van der Waals surface area contributed by atoms with E-state index in [1.807, 2.05) is 36.0 Å². The van der Waals surface area contributed by atoms with E-state index in [-0.39, 0.29) is 23.8 Å². The van der Waals surface area contributed by atoms with Crippen LogP contribution in [0.15, 0.2) is 36.7 Å². The van der Waals surface area contributed by atoms with Gasteiger partial charge in [-0.1, -0.05) is 12.1 Å². The zero-order chi connectivity index (χ0) is 20.7. The minimum absolute atomic E-state index is 0.0304. The first kappa shape index (κ1) is 19.4. The van der Waals surface area contributed by atoms with Gasteiger partial charge in [0.2, 0.25) is 0 Å². The lowest BCUT2D eigenvalue weighted by Gasteiger charge is -2.32. The Labute approximate surface area is 170 Å². The summed E-state index contributed by atoms with van der Waals surface area (Å²) in [5.41, 5.74) is 0.853. The van der Waals surface area contributed by atoms with Crippen LogP contribution in [-0.4, -0.2) is 73.6 Å². The molecule has 0 saturated carbocycles. The van der Waals surface area contributed by atoms with E-state index in [0.717, 1.165) is 30.3 Å². The van der Waals surface area contributed by atoms with E-state index in [9.17, 15) is 9.18 Å². The normalized spacial score (nSPS) is 23.3. The van der Waals surface area contributed by atoms with Crippen LogP contribution >= 0.6 is 0 Å². The molecule has 2 aliphatic heterocycles. The van der Waals surface area contributed by atoms with Crippen LogP contribution in [0.4, 0.5) is 20.8 Å². The lowest BCUT2D eigenvalue weighted by atomic mass is 9.89. The minimum atomic E-state index is -0.274. The monoisotopic (exact) mass is 398 g/mol. The molecular weight excluding hydrogens is 371 g/mol. The zero-order valence-electron chi connectivity index (χ0n) is 17.3. The van der Waals surface area contributed by atoms with Gasteiger partial charge in [0.15, 0.2) is 0 Å². The van der Waals surface area contributed by atoms with Crippen molar-refractivity contribution in [3.05, 3.63) is 48.0 Å². The lowest BCUT2D eigenvalue weighted by Crippen LogP contribution is -2.41. The molecule has 2 fully saturated rings. The fraction of sp³-hybridized carbons (Fsp3) is 0.476. The number of halogens is 1. The molecule has 3 atom stereocenters. The number of carbonyl (C=O) groups excluding carboxylic acids is 1. The molecule has 154 valence electrons. The molecular formula is C21H27FN6O. The Hall–Kier alpha value is -2.90. The molecule has 1 aromatic heterocycles. The van der Waals surface area contributed by atoms with Crippen molar-refractivity contribution in [3.63, 3.8) is 0 Å². The summed E-state index contributed by atoms with van der Waals surface area (Å²) in [4.78, 5) is 29.3. The number of rotatable bonds is 3. The fourth-order valence-corrected chi connectivity index (χ4v) is 4.56. The average Bonchev–Trinajstić information content (AvgIpc) is 3.25. The number of anilines is 2. The van der Waals surface area contributed by atoms with Gasteiger partial charge < -0.3 is 19.6 Å². The number of hydrogen-bond acceptors (Lipinski definition) is 5. The van der Waals surface area contributed by atoms with Crippen molar-refractivity contribution in [2.24, 2.45) is 11.8 Å². The van der Waals surface area contributed by atoms with Crippen molar-refractivity contribution in [1.82, 2.24) is 19.8 Å². The van der Waals surface area contributed by atoms with E-state index >= 15 is 0 Å². The minimum Gasteiger partial charge on any atom is -0.363 e. The first-order chi connectivity index (χ1) is 13.8. The summed E-state index contributed by atoms with van der Waals surface area (Å²) in [5, 5.41) is 0. The Kier molecular flexibility index (Phi) is 5.02. The van der Waals surface area contributed by atoms with E-state index in [2.05, 4.69) is 14.9 Å². The van der Waals surface area contributed by atoms with Gasteiger partial charge in [-0.3, -0.25) is 0 Å². The molecule has 2 aliphatic rings. The third-order valence-corrected chi connectivity index (χ3v) is 5.90. The molecule has 0 unspecified atom stereocenters. The van der Waals surface area contributed by atoms with Crippen molar-refractivity contribution in [2.45, 2.75) is 6.04 Å². The first-order valence-corrected chi connectivity index (χ1v) is 9.83. The number of benzene rings is 1. The Morgan fingerprint density at radius 2 is 1.90 bits per heavy atom. The standard InChI is InChI=1S/C21H27FN6O/c1-25(2)18-9-19(24-13-23-18)27-10-15-11-28(21(29)26(3)4)20(17(15)12-27)14-6-5-7-16(22)8-14/h5-9,13,15,17,20H,10-12H2,1-4H3/t15-,17-,20+/m1/s1. The third kappa shape index (κ3) is 3.59. The molecule has 0 N–H and O–H groups in total. The largest absolute Gasteiger partial charge is 0.363 e. The van der Waals surface area contributed by atoms with Gasteiger partial charge in [-0.15, -0.1) is 0 Å². The van der Waals surface area contributed by atoms with Crippen molar-refractivity contribution in [1.29, 1.82) is 0 Å². The average molecular weight is 398 g/mol. The van der Waals surface area contributed by atoms with E-state index in [4.69, 9.17) is 0 Å². The maximum Gasteiger partial charge on any atom is 0.320 e. The van der Waals surface area contributed by atoms with Crippen molar-refractivity contribution in [3.8, 4) is 0 Å². The number of fused-ring (bicyclic) bond motifs is 1. The Bertz CT molecular complexity index is 904. The number of urea groups is 1. The molecule has 2 amide bonds. The summed E-state index contributed by atoms with van der Waals surface area (Å²) in [5.74, 6) is 2.01. The zero-order valence-corrected chi connectivity index (χ0v) is 17.3. The molecule has 4 rings (SSSR count). The highest BCUT2D eigenvalue weighted by molar-refractivity contribution is 5.75. The van der Waals surface area contributed by atoms with Gasteiger partial charge in [0.25, 0.3) is 0 Å². The van der Waals surface area contributed by atoms with Crippen LogP contribution in [-0.2, 0) is 0 Å². The van der Waals surface area contributed by atoms with Gasteiger partial charge in [-0.2, -0.15) is 0 Å². The molecule has 1 aromatic carbocycles. The number of hydrogen-bond donors (Lipinski definition) is 0. The quantitative estimate of drug-likeness (QED) is 0.795. The molecule has 0 aliphatic carbocycles. The number of likely N-dealkylation sites (tertiary alicyclic amines) is 1. The second-order valence-electron chi connectivity index (χ2n) is 8.29. The first-order valence-electron chi connectivity index (χ1n) is 9.83. The van der Waals surface area contributed by atoms with E-state index in [1.165, 1.54) is 6.07 Å². The maximum absolute atomic E-state index is 14.0. The van der Waals surface area contributed by atoms with E-state index < -0.39 is 0 Å². The second-order valence-corrected chi connectivity index (χ2v) is 8.29. The number of nitrogens with zero attached hydrogens (tertiary/aromatic N) is 6. The van der Waals surface area contributed by atoms with Crippen LogP contribution in [0, 0.1) is 17.7 Å². The van der Waals surface area contributed by atoms with Gasteiger partial charge in [0, 0.05) is 65.7 Å². The predicted molar refractivity (Wildman–Crippen MR) is 110 cm³/mol. The molecule has 2 aromatic rings. The summed E-state index contributed by atoms with van der Waals surface area (Å²) in [7, 11) is 7.43. The molecule has 8 heteroatoms. The summed E-state index contributed by atoms with van der Waals surface area (Å²) in [6, 6.07) is 8.45. The van der Waals surface area contributed by atoms with Crippen LogP contribution in [0.5, 0.6) is 0 Å². The van der Waals surface area contributed by atoms with Gasteiger partial charge in [0.1, 0.15) is 23.8 Å². The molecule has 7 nitrogen and oxygen atoms in total. The Morgan fingerprint density at radius 1 is 1.10 bits per heavy atom. The summed E-state index contributed by atoms with van der Waals surface area (Å²) in [6.45, 7) is 2.25.